The number of nitrogens with zero attached hydrogens (tertiary/aromatic N) is 1. The summed E-state index contributed by atoms with van der Waals surface area (Å²) < 4.78 is 125. The highest BCUT2D eigenvalue weighted by Gasteiger charge is 2.63. The van der Waals surface area contributed by atoms with E-state index in [0.717, 1.165) is 4.90 Å². The van der Waals surface area contributed by atoms with Crippen LogP contribution in [-0.4, -0.2) is 60.7 Å². The first-order valence-corrected chi connectivity index (χ1v) is 8.78. The number of rotatable bonds is 5. The average Bonchev–Trinajstić information content (AvgIpc) is 2.60. The fourth-order valence-corrected chi connectivity index (χ4v) is 3.42. The van der Waals surface area contributed by atoms with E-state index in [1.165, 1.54) is 0 Å². The van der Waals surface area contributed by atoms with Crippen molar-refractivity contribution < 1.29 is 44.3 Å². The van der Waals surface area contributed by atoms with Gasteiger partial charge in [0.1, 0.15) is 12.2 Å². The topological polar surface area (TPSA) is 12.5 Å². The molecular weight excluding hydrogens is 393 g/mol. The molecule has 0 radical (unpaired) electrons. The third-order valence-corrected chi connectivity index (χ3v) is 5.20. The third-order valence-electron chi connectivity index (χ3n) is 5.20. The highest BCUT2D eigenvalue weighted by Crippen LogP contribution is 2.44. The van der Waals surface area contributed by atoms with Crippen LogP contribution in [0.2, 0.25) is 0 Å². The largest absolute Gasteiger partial charge is 0.425 e. The van der Waals surface area contributed by atoms with Gasteiger partial charge in [0.2, 0.25) is 6.30 Å². The van der Waals surface area contributed by atoms with Gasteiger partial charge in [0.15, 0.2) is 0 Å². The van der Waals surface area contributed by atoms with Gasteiger partial charge in [0.05, 0.1) is 0 Å². The van der Waals surface area contributed by atoms with Crippen molar-refractivity contribution in [2.24, 2.45) is 5.92 Å². The molecule has 160 valence electrons. The van der Waals surface area contributed by atoms with Gasteiger partial charge in [-0.15, -0.1) is 0 Å². The molecule has 2 fully saturated rings. The molecule has 0 aliphatic carbocycles. The second-order valence-electron chi connectivity index (χ2n) is 7.35. The smallest absolute Gasteiger partial charge is 0.362 e. The highest BCUT2D eigenvalue weighted by molar-refractivity contribution is 4.96. The lowest BCUT2D eigenvalue weighted by Gasteiger charge is -2.42. The molecule has 0 spiro atoms. The van der Waals surface area contributed by atoms with E-state index in [-0.39, 0.29) is 25.4 Å². The Morgan fingerprint density at radius 1 is 0.815 bits per heavy atom. The lowest BCUT2D eigenvalue weighted by atomic mass is 9.93. The summed E-state index contributed by atoms with van der Waals surface area (Å²) in [6, 6.07) is 0. The number of halogens is 9. The van der Waals surface area contributed by atoms with Crippen molar-refractivity contribution in [1.29, 1.82) is 0 Å². The van der Waals surface area contributed by atoms with E-state index in [1.807, 2.05) is 6.92 Å². The van der Waals surface area contributed by atoms with Gasteiger partial charge in [0.25, 0.3) is 6.17 Å². The third kappa shape index (κ3) is 4.83. The summed E-state index contributed by atoms with van der Waals surface area (Å²) in [6.45, 7) is 1.98. The molecule has 2 aliphatic rings. The van der Waals surface area contributed by atoms with E-state index in [9.17, 15) is 39.5 Å². The molecule has 0 aromatic carbocycles. The SMILES string of the molecule is CC1CCN(C(F)C(F)(F)C2CCCC(C(F)(F)C(F)C(F)(F)F)O2)CC1. The maximum absolute atomic E-state index is 14.5. The van der Waals surface area contributed by atoms with Gasteiger partial charge < -0.3 is 4.74 Å². The average molecular weight is 415 g/mol. The van der Waals surface area contributed by atoms with Gasteiger partial charge in [-0.05, 0) is 38.0 Å². The van der Waals surface area contributed by atoms with Gasteiger partial charge in [-0.3, -0.25) is 4.90 Å². The molecule has 4 unspecified atom stereocenters. The zero-order chi connectivity index (χ0) is 20.6. The minimum Gasteiger partial charge on any atom is -0.362 e. The maximum Gasteiger partial charge on any atom is 0.425 e. The van der Waals surface area contributed by atoms with Crippen molar-refractivity contribution in [3.8, 4) is 0 Å². The van der Waals surface area contributed by atoms with Crippen molar-refractivity contribution in [1.82, 2.24) is 4.90 Å². The molecular formula is C16H22F9NO. The standard InChI is InChI=1S/C16H22F9NO/c1-9-5-7-26(8-6-9)13(18)15(21,22)11-4-2-3-10(27-11)14(19,20)12(17)16(23,24)25/h9-13H,2-8H2,1H3. The Hall–Kier alpha value is -0.710. The van der Waals surface area contributed by atoms with Gasteiger partial charge in [-0.25, -0.2) is 17.6 Å². The van der Waals surface area contributed by atoms with Crippen LogP contribution in [0.15, 0.2) is 0 Å². The molecule has 0 amide bonds. The van der Waals surface area contributed by atoms with Gasteiger partial charge in [-0.1, -0.05) is 6.92 Å². The summed E-state index contributed by atoms with van der Waals surface area (Å²) in [4.78, 5) is 0.874. The van der Waals surface area contributed by atoms with Gasteiger partial charge in [-0.2, -0.15) is 22.0 Å². The van der Waals surface area contributed by atoms with Crippen LogP contribution in [0, 0.1) is 5.92 Å². The van der Waals surface area contributed by atoms with Crippen LogP contribution in [0.4, 0.5) is 39.5 Å². The van der Waals surface area contributed by atoms with Crippen LogP contribution >= 0.6 is 0 Å². The van der Waals surface area contributed by atoms with E-state index >= 15 is 0 Å². The number of alkyl halides is 9. The number of likely N-dealkylation sites (tertiary alicyclic amines) is 1. The van der Waals surface area contributed by atoms with Crippen LogP contribution in [0.25, 0.3) is 0 Å². The molecule has 0 N–H and O–H groups in total. The maximum atomic E-state index is 14.5. The zero-order valence-electron chi connectivity index (χ0n) is 14.6. The normalized spacial score (nSPS) is 29.6. The molecule has 11 heteroatoms. The minimum absolute atomic E-state index is 0.0465. The Labute approximate surface area is 151 Å². The predicted octanol–water partition coefficient (Wildman–Crippen LogP) is 5.12. The van der Waals surface area contributed by atoms with Crippen molar-refractivity contribution in [3.63, 3.8) is 0 Å². The molecule has 0 aromatic rings. The quantitative estimate of drug-likeness (QED) is 0.457. The monoisotopic (exact) mass is 415 g/mol. The summed E-state index contributed by atoms with van der Waals surface area (Å²) in [5.74, 6) is -9.02. The molecule has 0 aromatic heterocycles. The summed E-state index contributed by atoms with van der Waals surface area (Å²) in [5, 5.41) is 0. The lowest BCUT2D eigenvalue weighted by Crippen LogP contribution is -2.59. The molecule has 2 aliphatic heterocycles. The zero-order valence-corrected chi connectivity index (χ0v) is 14.6. The van der Waals surface area contributed by atoms with E-state index in [1.54, 1.807) is 0 Å². The second-order valence-corrected chi connectivity index (χ2v) is 7.35. The van der Waals surface area contributed by atoms with Crippen LogP contribution in [0.5, 0.6) is 0 Å². The lowest BCUT2D eigenvalue weighted by molar-refractivity contribution is -0.305. The van der Waals surface area contributed by atoms with E-state index < -0.39 is 55.5 Å². The summed E-state index contributed by atoms with van der Waals surface area (Å²) >= 11 is 0. The molecule has 0 bridgehead atoms. The van der Waals surface area contributed by atoms with Crippen molar-refractivity contribution in [3.05, 3.63) is 0 Å². The van der Waals surface area contributed by atoms with E-state index in [4.69, 9.17) is 0 Å². The first-order valence-electron chi connectivity index (χ1n) is 8.78. The Morgan fingerprint density at radius 2 is 1.30 bits per heavy atom. The van der Waals surface area contributed by atoms with Crippen LogP contribution < -0.4 is 0 Å². The van der Waals surface area contributed by atoms with Gasteiger partial charge in [0, 0.05) is 13.1 Å². The molecule has 27 heavy (non-hydrogen) atoms. The molecule has 2 heterocycles. The Bertz CT molecular complexity index is 491. The highest BCUT2D eigenvalue weighted by atomic mass is 19.4. The Kier molecular flexibility index (Phi) is 6.66. The predicted molar refractivity (Wildman–Crippen MR) is 78.2 cm³/mol. The molecule has 4 atom stereocenters. The fourth-order valence-electron chi connectivity index (χ4n) is 3.42. The molecule has 2 nitrogen and oxygen atoms in total. The molecule has 2 saturated heterocycles. The summed E-state index contributed by atoms with van der Waals surface area (Å²) in [5.41, 5.74) is 0. The van der Waals surface area contributed by atoms with Gasteiger partial charge >= 0.3 is 18.0 Å². The first-order chi connectivity index (χ1) is 12.3. The van der Waals surface area contributed by atoms with Crippen LogP contribution in [0.3, 0.4) is 0 Å². The van der Waals surface area contributed by atoms with Crippen LogP contribution in [-0.2, 0) is 4.74 Å². The molecule has 0 saturated carbocycles. The number of ether oxygens (including phenoxy) is 1. The second kappa shape index (κ2) is 7.96. The summed E-state index contributed by atoms with van der Waals surface area (Å²) in [7, 11) is 0. The summed E-state index contributed by atoms with van der Waals surface area (Å²) in [6.07, 6.45) is -18.9. The van der Waals surface area contributed by atoms with Crippen molar-refractivity contribution in [2.45, 2.75) is 81.7 Å². The number of hydrogen-bond donors (Lipinski definition) is 0. The van der Waals surface area contributed by atoms with Crippen LogP contribution in [0.1, 0.15) is 39.0 Å². The fraction of sp³-hybridized carbons (Fsp3) is 1.00. The van der Waals surface area contributed by atoms with Crippen molar-refractivity contribution >= 4 is 0 Å². The van der Waals surface area contributed by atoms with E-state index in [2.05, 4.69) is 4.74 Å². The Morgan fingerprint density at radius 3 is 1.78 bits per heavy atom. The van der Waals surface area contributed by atoms with Crippen molar-refractivity contribution in [2.75, 3.05) is 13.1 Å². The first kappa shape index (κ1) is 22.6. The van der Waals surface area contributed by atoms with E-state index in [0.29, 0.717) is 12.8 Å². The number of hydrogen-bond acceptors (Lipinski definition) is 2. The Balaban J connectivity index is 2.09. The molecule has 2 rings (SSSR count). The number of piperidine rings is 1. The minimum atomic E-state index is -5.87.